The van der Waals surface area contributed by atoms with E-state index in [0.29, 0.717) is 53.4 Å². The molecule has 0 radical (unpaired) electrons. The molecular formula is C71H108F2N6O4. The number of aryl methyl sites for hydroxylation is 4. The minimum atomic E-state index is -0.486. The van der Waals surface area contributed by atoms with Gasteiger partial charge in [-0.2, -0.15) is 0 Å². The Morgan fingerprint density at radius 3 is 1.75 bits per heavy atom. The van der Waals surface area contributed by atoms with Crippen molar-refractivity contribution in [1.82, 2.24) is 10.2 Å². The van der Waals surface area contributed by atoms with Crippen LogP contribution in [-0.2, 0) is 14.3 Å². The van der Waals surface area contributed by atoms with Gasteiger partial charge < -0.3 is 35.3 Å². The number of carbonyl (C=O) groups excluding carboxylic acids is 2. The first kappa shape index (κ1) is 72.8. The Balaban J connectivity index is 0.000000387. The quantitative estimate of drug-likeness (QED) is 0.0420. The number of anilines is 2. The van der Waals surface area contributed by atoms with Crippen molar-refractivity contribution < 1.29 is 27.8 Å². The fourth-order valence-electron chi connectivity index (χ4n) is 10.3. The van der Waals surface area contributed by atoms with Gasteiger partial charge in [0, 0.05) is 43.0 Å². The second-order valence-corrected chi connectivity index (χ2v) is 24.1. The van der Waals surface area contributed by atoms with Gasteiger partial charge in [0.15, 0.2) is 5.90 Å². The Morgan fingerprint density at radius 1 is 0.699 bits per heavy atom. The van der Waals surface area contributed by atoms with E-state index in [4.69, 9.17) is 10.8 Å². The number of amides is 2. The highest BCUT2D eigenvalue weighted by molar-refractivity contribution is 5.87. The molecule has 0 bridgehead atoms. The summed E-state index contributed by atoms with van der Waals surface area (Å²) in [6.45, 7) is 42.8. The lowest BCUT2D eigenvalue weighted by atomic mass is 9.88. The zero-order valence-electron chi connectivity index (χ0n) is 54.4. The Hall–Kier alpha value is -6.30. The summed E-state index contributed by atoms with van der Waals surface area (Å²) in [5, 5.41) is 20.1. The summed E-state index contributed by atoms with van der Waals surface area (Å²) in [5.41, 5.74) is 12.7. The standard InChI is InChI=1S/C29H43N.C18H19F2N.C13H23NO.C8H16N2O2.C3H7NO/c1-9-10-11-21(3)26(8)30-29-17-16-28(19-25(29)7)23(5)13-12-22(4)27-15-14-20(2)24(6)18-27;1-13-11-15(19)18(16(20)12-13)21-10-6-5-9-17(21)14-7-3-2-4-8-14;1-9(2)11(5)13(15)14-8-6-7-12(14)10(3)4;1-5(2)7(6(3)9)10-8(11)12-4;1-3(4)5-2/h14-19,21-23,30H,8-13H2,1-7H3;2-4,7-8,11-12,17H,5-6,9-10H2,1H3;9,11-12H,3,6-8H2,1-2,4-5H3;5,7,9H,1-4H3,(H,10,11);4H,1-2H3/t21-,22+,23?;;11-,12?;;/m0.0../s1. The zero-order valence-corrected chi connectivity index (χ0v) is 54.4. The first-order valence-electron chi connectivity index (χ1n) is 30.4. The molecule has 0 aliphatic carbocycles. The van der Waals surface area contributed by atoms with E-state index in [-0.39, 0.29) is 35.5 Å². The molecule has 4 unspecified atom stereocenters. The molecule has 2 saturated heterocycles. The van der Waals surface area contributed by atoms with Crippen molar-refractivity contribution >= 4 is 35.0 Å². The molecule has 2 aliphatic rings. The second kappa shape index (κ2) is 37.1. The molecule has 0 spiro atoms. The normalized spacial score (nSPS) is 16.3. The smallest absolute Gasteiger partial charge is 0.407 e. The van der Waals surface area contributed by atoms with Crippen LogP contribution in [0.3, 0.4) is 0 Å². The number of piperidine rings is 1. The van der Waals surface area contributed by atoms with Gasteiger partial charge in [0.2, 0.25) is 5.91 Å². The van der Waals surface area contributed by atoms with Crippen LogP contribution in [0.2, 0.25) is 0 Å². The largest absolute Gasteiger partial charge is 0.485 e. The van der Waals surface area contributed by atoms with Crippen LogP contribution in [0.1, 0.15) is 204 Å². The van der Waals surface area contributed by atoms with Crippen LogP contribution in [0.4, 0.5) is 25.0 Å². The molecule has 10 nitrogen and oxygen atoms in total. The van der Waals surface area contributed by atoms with Crippen molar-refractivity contribution in [2.45, 2.75) is 205 Å². The van der Waals surface area contributed by atoms with Crippen LogP contribution in [-0.4, -0.2) is 67.9 Å². The lowest BCUT2D eigenvalue weighted by molar-refractivity contribution is -0.136. The maximum absolute atomic E-state index is 14.3. The molecule has 4 aromatic carbocycles. The summed E-state index contributed by atoms with van der Waals surface area (Å²) in [6.07, 6.45) is 10.8. The van der Waals surface area contributed by atoms with Gasteiger partial charge >= 0.3 is 6.09 Å². The van der Waals surface area contributed by atoms with Crippen LogP contribution >= 0.6 is 0 Å². The maximum Gasteiger partial charge on any atom is 0.407 e. The molecule has 6 rings (SSSR count). The number of rotatable bonds is 19. The van der Waals surface area contributed by atoms with E-state index in [0.717, 1.165) is 55.5 Å². The molecule has 460 valence electrons. The monoisotopic (exact) mass is 1150 g/mol. The minimum absolute atomic E-state index is 0.0478. The molecule has 2 heterocycles. The molecule has 2 aliphatic heterocycles. The number of halogens is 2. The van der Waals surface area contributed by atoms with Crippen LogP contribution in [0.5, 0.6) is 0 Å². The average molecular weight is 1150 g/mol. The summed E-state index contributed by atoms with van der Waals surface area (Å²) < 4.78 is 37.4. The molecule has 2 fully saturated rings. The van der Waals surface area contributed by atoms with E-state index < -0.39 is 17.7 Å². The number of hydrogen-bond acceptors (Lipinski definition) is 8. The van der Waals surface area contributed by atoms with E-state index in [1.54, 1.807) is 20.8 Å². The van der Waals surface area contributed by atoms with Gasteiger partial charge in [-0.15, -0.1) is 0 Å². The number of methoxy groups -OCH3 is 2. The minimum Gasteiger partial charge on any atom is -0.485 e. The van der Waals surface area contributed by atoms with Crippen LogP contribution in [0, 0.1) is 73.8 Å². The third-order valence-corrected chi connectivity index (χ3v) is 16.4. The summed E-state index contributed by atoms with van der Waals surface area (Å²) in [4.78, 5) is 26.9. The van der Waals surface area contributed by atoms with Crippen molar-refractivity contribution in [2.24, 2.45) is 23.7 Å². The first-order valence-corrected chi connectivity index (χ1v) is 30.4. The summed E-state index contributed by atoms with van der Waals surface area (Å²) in [7, 11) is 2.79. The Kier molecular flexibility index (Phi) is 32.5. The topological polar surface area (TPSA) is 131 Å². The molecule has 12 heteroatoms. The van der Waals surface area contributed by atoms with Crippen LogP contribution in [0.25, 0.3) is 0 Å². The van der Waals surface area contributed by atoms with Crippen molar-refractivity contribution in [2.75, 3.05) is 37.5 Å². The highest BCUT2D eigenvalue weighted by Gasteiger charge is 2.33. The van der Waals surface area contributed by atoms with E-state index in [1.807, 2.05) is 67.8 Å². The van der Waals surface area contributed by atoms with Crippen LogP contribution < -0.4 is 15.5 Å². The first-order chi connectivity index (χ1) is 39.1. The maximum atomic E-state index is 14.3. The fourth-order valence-corrected chi connectivity index (χ4v) is 10.3. The predicted octanol–water partition coefficient (Wildman–Crippen LogP) is 18.9. The molecular weight excluding hydrogens is 1040 g/mol. The molecule has 0 saturated carbocycles. The number of benzene rings is 4. The summed E-state index contributed by atoms with van der Waals surface area (Å²) >= 11 is 0. The Bertz CT molecular complexity index is 2650. The van der Waals surface area contributed by atoms with E-state index in [9.17, 15) is 18.4 Å². The average Bonchev–Trinajstić information content (AvgIpc) is 4.12. The van der Waals surface area contributed by atoms with Gasteiger partial charge in [-0.3, -0.25) is 10.2 Å². The number of allylic oxidation sites excluding steroid dienone is 1. The van der Waals surface area contributed by atoms with Crippen LogP contribution in [0.15, 0.2) is 103 Å². The number of alkyl carbamates (subject to hydrolysis) is 1. The third-order valence-electron chi connectivity index (χ3n) is 16.4. The van der Waals surface area contributed by atoms with E-state index in [2.05, 4.69) is 132 Å². The summed E-state index contributed by atoms with van der Waals surface area (Å²) in [6, 6.07) is 26.7. The second-order valence-electron chi connectivity index (χ2n) is 24.1. The molecule has 4 aromatic rings. The van der Waals surface area contributed by atoms with Gasteiger partial charge in [0.05, 0.1) is 32.3 Å². The van der Waals surface area contributed by atoms with Crippen molar-refractivity contribution in [3.05, 3.63) is 154 Å². The third kappa shape index (κ3) is 24.4. The molecule has 2 amide bonds. The number of ether oxygens (including phenoxy) is 2. The van der Waals surface area contributed by atoms with Gasteiger partial charge in [0.1, 0.15) is 17.3 Å². The number of nitrogens with zero attached hydrogens (tertiary/aromatic N) is 2. The fraction of sp³-hybridized carbons (Fsp3) is 0.549. The van der Waals surface area contributed by atoms with E-state index >= 15 is 0 Å². The van der Waals surface area contributed by atoms with Crippen molar-refractivity contribution in [3.8, 4) is 0 Å². The van der Waals surface area contributed by atoms with Gasteiger partial charge in [0.25, 0.3) is 0 Å². The molecule has 7 atom stereocenters. The van der Waals surface area contributed by atoms with Gasteiger partial charge in [-0.05, 0) is 180 Å². The Labute approximate surface area is 501 Å². The van der Waals surface area contributed by atoms with Crippen molar-refractivity contribution in [3.63, 3.8) is 0 Å². The zero-order chi connectivity index (χ0) is 62.7. The van der Waals surface area contributed by atoms with E-state index in [1.165, 1.54) is 92.0 Å². The lowest BCUT2D eigenvalue weighted by Gasteiger charge is -2.38. The predicted molar refractivity (Wildman–Crippen MR) is 348 cm³/mol. The number of nitrogens with one attached hydrogen (secondary N) is 4. The number of unbranched alkanes of at least 4 members (excludes halogenated alkanes) is 1. The molecule has 4 N–H and O–H groups in total. The molecule has 0 aromatic heterocycles. The lowest BCUT2D eigenvalue weighted by Crippen LogP contribution is -2.42. The highest BCUT2D eigenvalue weighted by Crippen LogP contribution is 2.38. The number of hydrogen-bond donors (Lipinski definition) is 4. The van der Waals surface area contributed by atoms with Crippen molar-refractivity contribution in [1.29, 1.82) is 10.8 Å². The Morgan fingerprint density at radius 2 is 1.27 bits per heavy atom. The highest BCUT2D eigenvalue weighted by atomic mass is 19.1. The number of carbonyl (C=O) groups is 2. The van der Waals surface area contributed by atoms with Gasteiger partial charge in [-0.25, -0.2) is 13.6 Å². The molecule has 83 heavy (non-hydrogen) atoms. The summed E-state index contributed by atoms with van der Waals surface area (Å²) in [5.74, 6) is 2.07. The van der Waals surface area contributed by atoms with Gasteiger partial charge in [-0.1, -0.05) is 155 Å². The number of likely N-dealkylation sites (tertiary alicyclic amines) is 1. The SMILES string of the molecule is C=C(C)C1CCCN1C(=O)[C@@H](C)C(C)C.C=C(Nc1ccc(C(C)CC[C@@H](C)c2ccc(C)c(C)c2)cc1C)[C@@H](C)CCCC.COC(=O)NC(C(C)=N)C(C)C.COC(C)=N.Cc1cc(F)c(N2CCCCC2c2ccccc2)c(F)c1.